The third kappa shape index (κ3) is 2.40. The SMILES string of the molecule is CC1CC(C)C(C)N(c2nc3c(s2)C(O)CCC3)C1. The molecule has 3 nitrogen and oxygen atoms in total. The number of thiazole rings is 1. The molecule has 4 unspecified atom stereocenters. The van der Waals surface area contributed by atoms with Gasteiger partial charge in [0.2, 0.25) is 0 Å². The van der Waals surface area contributed by atoms with Gasteiger partial charge >= 0.3 is 0 Å². The van der Waals surface area contributed by atoms with Gasteiger partial charge in [-0.1, -0.05) is 25.2 Å². The number of aliphatic hydroxyl groups is 1. The molecule has 0 spiro atoms. The first-order valence-electron chi connectivity index (χ1n) is 7.50. The molecule has 1 saturated heterocycles. The van der Waals surface area contributed by atoms with E-state index in [4.69, 9.17) is 4.98 Å². The van der Waals surface area contributed by atoms with E-state index >= 15 is 0 Å². The third-order valence-corrected chi connectivity index (χ3v) is 5.99. The van der Waals surface area contributed by atoms with Crippen LogP contribution in [0.1, 0.15) is 56.7 Å². The van der Waals surface area contributed by atoms with Crippen molar-refractivity contribution in [2.75, 3.05) is 11.4 Å². The summed E-state index contributed by atoms with van der Waals surface area (Å²) in [6, 6.07) is 0.556. The van der Waals surface area contributed by atoms with Gasteiger partial charge in [-0.05, 0) is 44.4 Å². The standard InChI is InChI=1S/C15H24N2OS/c1-9-7-10(2)11(3)17(8-9)15-16-12-5-4-6-13(18)14(12)19-15/h9-11,13,18H,4-8H2,1-3H3. The maximum atomic E-state index is 10.1. The van der Waals surface area contributed by atoms with E-state index in [0.717, 1.165) is 53.3 Å². The van der Waals surface area contributed by atoms with E-state index in [1.54, 1.807) is 11.3 Å². The number of anilines is 1. The van der Waals surface area contributed by atoms with Crippen LogP contribution < -0.4 is 4.90 Å². The molecule has 106 valence electrons. The van der Waals surface area contributed by atoms with Crippen LogP contribution in [-0.4, -0.2) is 22.7 Å². The quantitative estimate of drug-likeness (QED) is 0.856. The second kappa shape index (κ2) is 5.06. The van der Waals surface area contributed by atoms with Gasteiger partial charge in [0.15, 0.2) is 5.13 Å². The molecule has 0 aromatic carbocycles. The first-order chi connectivity index (χ1) is 9.06. The molecule has 1 aromatic rings. The lowest BCUT2D eigenvalue weighted by Gasteiger charge is -2.41. The summed E-state index contributed by atoms with van der Waals surface area (Å²) in [5.74, 6) is 1.45. The van der Waals surface area contributed by atoms with Crippen LogP contribution in [0.4, 0.5) is 5.13 Å². The zero-order valence-electron chi connectivity index (χ0n) is 12.1. The number of aromatic nitrogens is 1. The van der Waals surface area contributed by atoms with Crippen LogP contribution in [-0.2, 0) is 6.42 Å². The molecule has 1 fully saturated rings. The van der Waals surface area contributed by atoms with Gasteiger partial charge in [0.1, 0.15) is 0 Å². The monoisotopic (exact) mass is 280 g/mol. The van der Waals surface area contributed by atoms with Gasteiger partial charge < -0.3 is 10.0 Å². The zero-order chi connectivity index (χ0) is 13.6. The van der Waals surface area contributed by atoms with Crippen LogP contribution in [0.15, 0.2) is 0 Å². The normalized spacial score (nSPS) is 35.3. The lowest BCUT2D eigenvalue weighted by Crippen LogP contribution is -2.45. The number of hydrogen-bond donors (Lipinski definition) is 1. The molecular formula is C15H24N2OS. The van der Waals surface area contributed by atoms with Crippen LogP contribution in [0, 0.1) is 11.8 Å². The summed E-state index contributed by atoms with van der Waals surface area (Å²) in [6.07, 6.45) is 4.04. The Morgan fingerprint density at radius 3 is 2.84 bits per heavy atom. The van der Waals surface area contributed by atoms with E-state index < -0.39 is 0 Å². The Hall–Kier alpha value is -0.610. The van der Waals surface area contributed by atoms with E-state index in [9.17, 15) is 5.11 Å². The summed E-state index contributed by atoms with van der Waals surface area (Å²) in [5, 5.41) is 11.2. The van der Waals surface area contributed by atoms with E-state index in [-0.39, 0.29) is 6.10 Å². The van der Waals surface area contributed by atoms with Crippen LogP contribution in [0.5, 0.6) is 0 Å². The highest BCUT2D eigenvalue weighted by Gasteiger charge is 2.32. The van der Waals surface area contributed by atoms with Gasteiger partial charge in [-0.15, -0.1) is 0 Å². The van der Waals surface area contributed by atoms with Crippen molar-refractivity contribution in [1.82, 2.24) is 4.98 Å². The van der Waals surface area contributed by atoms with Gasteiger partial charge in [-0.2, -0.15) is 0 Å². The van der Waals surface area contributed by atoms with Gasteiger partial charge in [0, 0.05) is 12.6 Å². The van der Waals surface area contributed by atoms with E-state index in [0.29, 0.717) is 6.04 Å². The molecule has 0 amide bonds. The first-order valence-corrected chi connectivity index (χ1v) is 8.32. The summed E-state index contributed by atoms with van der Waals surface area (Å²) >= 11 is 1.72. The number of aryl methyl sites for hydroxylation is 1. The molecule has 4 atom stereocenters. The molecule has 0 bridgehead atoms. The number of hydrogen-bond acceptors (Lipinski definition) is 4. The number of aliphatic hydroxyl groups excluding tert-OH is 1. The van der Waals surface area contributed by atoms with E-state index in [1.807, 2.05) is 0 Å². The largest absolute Gasteiger partial charge is 0.388 e. The van der Waals surface area contributed by atoms with Crippen molar-refractivity contribution in [3.8, 4) is 0 Å². The number of piperidine rings is 1. The average Bonchev–Trinajstić information content (AvgIpc) is 2.79. The number of fused-ring (bicyclic) bond motifs is 1. The van der Waals surface area contributed by atoms with Crippen molar-refractivity contribution >= 4 is 16.5 Å². The highest BCUT2D eigenvalue weighted by molar-refractivity contribution is 7.15. The minimum Gasteiger partial charge on any atom is -0.388 e. The van der Waals surface area contributed by atoms with Crippen LogP contribution >= 0.6 is 11.3 Å². The van der Waals surface area contributed by atoms with Gasteiger partial charge in [-0.3, -0.25) is 0 Å². The van der Waals surface area contributed by atoms with Crippen molar-refractivity contribution in [3.05, 3.63) is 10.6 Å². The molecule has 0 saturated carbocycles. The smallest absolute Gasteiger partial charge is 0.186 e. The van der Waals surface area contributed by atoms with Gasteiger partial charge in [-0.25, -0.2) is 4.98 Å². The van der Waals surface area contributed by atoms with Gasteiger partial charge in [0.25, 0.3) is 0 Å². The summed E-state index contributed by atoms with van der Waals surface area (Å²) in [7, 11) is 0. The minimum atomic E-state index is -0.273. The second-order valence-electron chi connectivity index (χ2n) is 6.43. The maximum absolute atomic E-state index is 10.1. The molecule has 1 aromatic heterocycles. The number of rotatable bonds is 1. The van der Waals surface area contributed by atoms with Crippen molar-refractivity contribution < 1.29 is 5.11 Å². The Morgan fingerprint density at radius 2 is 2.11 bits per heavy atom. The fourth-order valence-electron chi connectivity index (χ4n) is 3.47. The molecule has 0 radical (unpaired) electrons. The minimum absolute atomic E-state index is 0.273. The predicted octanol–water partition coefficient (Wildman–Crippen LogP) is 3.38. The van der Waals surface area contributed by atoms with Crippen molar-refractivity contribution in [2.45, 2.75) is 58.6 Å². The molecule has 1 N–H and O–H groups in total. The van der Waals surface area contributed by atoms with Gasteiger partial charge in [0.05, 0.1) is 16.7 Å². The second-order valence-corrected chi connectivity index (χ2v) is 7.44. The van der Waals surface area contributed by atoms with Crippen molar-refractivity contribution in [1.29, 1.82) is 0 Å². The van der Waals surface area contributed by atoms with Crippen molar-refractivity contribution in [3.63, 3.8) is 0 Å². The van der Waals surface area contributed by atoms with Crippen LogP contribution in [0.25, 0.3) is 0 Å². The number of nitrogens with zero attached hydrogens (tertiary/aromatic N) is 2. The predicted molar refractivity (Wildman–Crippen MR) is 79.8 cm³/mol. The van der Waals surface area contributed by atoms with E-state index in [1.165, 1.54) is 6.42 Å². The lowest BCUT2D eigenvalue weighted by molar-refractivity contribution is 0.160. The fraction of sp³-hybridized carbons (Fsp3) is 0.800. The summed E-state index contributed by atoms with van der Waals surface area (Å²) in [4.78, 5) is 8.42. The lowest BCUT2D eigenvalue weighted by atomic mass is 9.86. The molecule has 4 heteroatoms. The Balaban J connectivity index is 1.89. The molecular weight excluding hydrogens is 256 g/mol. The fourth-order valence-corrected chi connectivity index (χ4v) is 4.70. The first kappa shape index (κ1) is 13.4. The van der Waals surface area contributed by atoms with Crippen molar-refractivity contribution in [2.24, 2.45) is 11.8 Å². The zero-order valence-corrected chi connectivity index (χ0v) is 12.9. The molecule has 19 heavy (non-hydrogen) atoms. The van der Waals surface area contributed by atoms with Crippen LogP contribution in [0.3, 0.4) is 0 Å². The molecule has 3 rings (SSSR count). The molecule has 2 heterocycles. The Kier molecular flexibility index (Phi) is 3.56. The highest BCUT2D eigenvalue weighted by Crippen LogP contribution is 2.40. The topological polar surface area (TPSA) is 36.4 Å². The Bertz CT molecular complexity index is 459. The Labute approximate surface area is 119 Å². The third-order valence-electron chi connectivity index (χ3n) is 4.75. The van der Waals surface area contributed by atoms with Crippen LogP contribution in [0.2, 0.25) is 0 Å². The summed E-state index contributed by atoms with van der Waals surface area (Å²) in [6.45, 7) is 8.09. The average molecular weight is 280 g/mol. The van der Waals surface area contributed by atoms with E-state index in [2.05, 4.69) is 25.7 Å². The molecule has 1 aliphatic carbocycles. The Morgan fingerprint density at radius 1 is 1.32 bits per heavy atom. The maximum Gasteiger partial charge on any atom is 0.186 e. The highest BCUT2D eigenvalue weighted by atomic mass is 32.1. The summed E-state index contributed by atoms with van der Waals surface area (Å²) in [5.41, 5.74) is 1.15. The summed E-state index contributed by atoms with van der Waals surface area (Å²) < 4.78 is 0. The molecule has 2 aliphatic rings. The molecule has 1 aliphatic heterocycles.